The average Bonchev–Trinajstić information content (AvgIpc) is 2.45. The number of carbonyl (C=O) groups is 1. The zero-order valence-corrected chi connectivity index (χ0v) is 12.6. The van der Waals surface area contributed by atoms with Crippen LogP contribution in [0, 0.1) is 0 Å². The molecule has 0 bridgehead atoms. The SMILES string of the molecule is CNC(=O)c1cccc(C2CCNCC2)c1S(C)(=O)=O. The molecular weight excluding hydrogens is 276 g/mol. The van der Waals surface area contributed by atoms with Crippen molar-refractivity contribution >= 4 is 15.7 Å². The standard InChI is InChI=1S/C14H20N2O3S/c1-15-14(17)12-5-3-4-11(13(12)20(2,18)19)10-6-8-16-9-7-10/h3-5,10,16H,6-9H2,1-2H3,(H,15,17). The molecule has 1 fully saturated rings. The number of nitrogens with one attached hydrogen (secondary N) is 2. The first kappa shape index (κ1) is 15.0. The first-order valence-electron chi connectivity index (χ1n) is 6.71. The van der Waals surface area contributed by atoms with Crippen molar-refractivity contribution in [3.63, 3.8) is 0 Å². The van der Waals surface area contributed by atoms with E-state index in [9.17, 15) is 13.2 Å². The van der Waals surface area contributed by atoms with E-state index >= 15 is 0 Å². The highest BCUT2D eigenvalue weighted by Crippen LogP contribution is 2.32. The Morgan fingerprint density at radius 1 is 1.30 bits per heavy atom. The lowest BCUT2D eigenvalue weighted by Gasteiger charge is -2.25. The average molecular weight is 296 g/mol. The second-order valence-electron chi connectivity index (χ2n) is 5.10. The molecule has 1 heterocycles. The third-order valence-corrected chi connectivity index (χ3v) is 4.86. The van der Waals surface area contributed by atoms with Gasteiger partial charge in [0.2, 0.25) is 0 Å². The monoisotopic (exact) mass is 296 g/mol. The van der Waals surface area contributed by atoms with E-state index in [4.69, 9.17) is 0 Å². The number of hydrogen-bond acceptors (Lipinski definition) is 4. The number of benzene rings is 1. The summed E-state index contributed by atoms with van der Waals surface area (Å²) in [5.74, 6) is -0.174. The Labute approximate surface area is 119 Å². The summed E-state index contributed by atoms with van der Waals surface area (Å²) in [6.45, 7) is 1.75. The van der Waals surface area contributed by atoms with Gasteiger partial charge in [0.1, 0.15) is 0 Å². The molecule has 0 radical (unpaired) electrons. The molecule has 1 saturated heterocycles. The highest BCUT2D eigenvalue weighted by molar-refractivity contribution is 7.90. The summed E-state index contributed by atoms with van der Waals surface area (Å²) in [5.41, 5.74) is 1.01. The van der Waals surface area contributed by atoms with Crippen LogP contribution < -0.4 is 10.6 Å². The van der Waals surface area contributed by atoms with Crippen molar-refractivity contribution in [2.45, 2.75) is 23.7 Å². The maximum absolute atomic E-state index is 12.1. The number of sulfone groups is 1. The molecule has 0 aromatic heterocycles. The summed E-state index contributed by atoms with van der Waals surface area (Å²) in [7, 11) is -1.94. The topological polar surface area (TPSA) is 75.3 Å². The van der Waals surface area contributed by atoms with E-state index in [0.717, 1.165) is 31.5 Å². The fraction of sp³-hybridized carbons (Fsp3) is 0.500. The van der Waals surface area contributed by atoms with E-state index in [-0.39, 0.29) is 22.3 Å². The minimum atomic E-state index is -3.45. The Bertz CT molecular complexity index is 605. The van der Waals surface area contributed by atoms with Crippen LogP contribution >= 0.6 is 0 Å². The van der Waals surface area contributed by atoms with Crippen LogP contribution in [0.2, 0.25) is 0 Å². The van der Waals surface area contributed by atoms with Crippen LogP contribution in [0.1, 0.15) is 34.7 Å². The summed E-state index contributed by atoms with van der Waals surface area (Å²) in [6.07, 6.45) is 2.94. The van der Waals surface area contributed by atoms with Crippen LogP contribution in [0.25, 0.3) is 0 Å². The number of hydrogen-bond donors (Lipinski definition) is 2. The van der Waals surface area contributed by atoms with E-state index in [1.807, 2.05) is 6.07 Å². The fourth-order valence-electron chi connectivity index (χ4n) is 2.74. The van der Waals surface area contributed by atoms with Gasteiger partial charge in [-0.05, 0) is 43.5 Å². The van der Waals surface area contributed by atoms with Crippen molar-refractivity contribution in [2.24, 2.45) is 0 Å². The van der Waals surface area contributed by atoms with Crippen molar-refractivity contribution < 1.29 is 13.2 Å². The molecule has 1 aliphatic rings. The van der Waals surface area contributed by atoms with E-state index in [0.29, 0.717) is 0 Å². The Kier molecular flexibility index (Phi) is 4.45. The van der Waals surface area contributed by atoms with E-state index in [2.05, 4.69) is 10.6 Å². The maximum atomic E-state index is 12.1. The smallest absolute Gasteiger partial charge is 0.252 e. The van der Waals surface area contributed by atoms with Crippen molar-refractivity contribution in [1.82, 2.24) is 10.6 Å². The fourth-order valence-corrected chi connectivity index (χ4v) is 3.96. The summed E-state index contributed by atoms with van der Waals surface area (Å²) < 4.78 is 24.3. The predicted molar refractivity (Wildman–Crippen MR) is 77.8 cm³/mol. The van der Waals surface area contributed by atoms with Gasteiger partial charge in [-0.15, -0.1) is 0 Å². The van der Waals surface area contributed by atoms with Gasteiger partial charge in [0.25, 0.3) is 5.91 Å². The van der Waals surface area contributed by atoms with Gasteiger partial charge in [0, 0.05) is 13.3 Å². The van der Waals surface area contributed by atoms with Gasteiger partial charge >= 0.3 is 0 Å². The van der Waals surface area contributed by atoms with E-state index < -0.39 is 9.84 Å². The minimum Gasteiger partial charge on any atom is -0.355 e. The Morgan fingerprint density at radius 2 is 1.95 bits per heavy atom. The lowest BCUT2D eigenvalue weighted by atomic mass is 9.89. The van der Waals surface area contributed by atoms with Crippen LogP contribution in [0.4, 0.5) is 0 Å². The lowest BCUT2D eigenvalue weighted by Crippen LogP contribution is -2.28. The van der Waals surface area contributed by atoms with Gasteiger partial charge in [0.05, 0.1) is 10.5 Å². The highest BCUT2D eigenvalue weighted by atomic mass is 32.2. The molecule has 5 nitrogen and oxygen atoms in total. The largest absolute Gasteiger partial charge is 0.355 e. The van der Waals surface area contributed by atoms with Crippen molar-refractivity contribution in [3.05, 3.63) is 29.3 Å². The lowest BCUT2D eigenvalue weighted by molar-refractivity contribution is 0.0959. The molecule has 0 saturated carbocycles. The molecule has 0 spiro atoms. The Balaban J connectivity index is 2.59. The van der Waals surface area contributed by atoms with Gasteiger partial charge in [-0.2, -0.15) is 0 Å². The van der Waals surface area contributed by atoms with Crippen molar-refractivity contribution in [2.75, 3.05) is 26.4 Å². The molecule has 110 valence electrons. The first-order valence-corrected chi connectivity index (χ1v) is 8.60. The van der Waals surface area contributed by atoms with Gasteiger partial charge < -0.3 is 10.6 Å². The molecule has 0 atom stereocenters. The van der Waals surface area contributed by atoms with Crippen molar-refractivity contribution in [1.29, 1.82) is 0 Å². The molecule has 1 aliphatic heterocycles. The van der Waals surface area contributed by atoms with Crippen LogP contribution in [-0.4, -0.2) is 40.7 Å². The molecule has 20 heavy (non-hydrogen) atoms. The molecule has 2 N–H and O–H groups in total. The van der Waals surface area contributed by atoms with E-state index in [1.54, 1.807) is 12.1 Å². The van der Waals surface area contributed by atoms with Gasteiger partial charge in [0.15, 0.2) is 9.84 Å². The van der Waals surface area contributed by atoms with Crippen LogP contribution in [0.15, 0.2) is 23.1 Å². The second kappa shape index (κ2) is 5.93. The van der Waals surface area contributed by atoms with Crippen LogP contribution in [0.3, 0.4) is 0 Å². The summed E-state index contributed by atoms with van der Waals surface area (Å²) in [6, 6.07) is 5.16. The van der Waals surface area contributed by atoms with Gasteiger partial charge in [-0.1, -0.05) is 12.1 Å². The number of carbonyl (C=O) groups excluding carboxylic acids is 1. The van der Waals surface area contributed by atoms with Gasteiger partial charge in [-0.25, -0.2) is 8.42 Å². The molecule has 6 heteroatoms. The third kappa shape index (κ3) is 3.02. The Morgan fingerprint density at radius 3 is 2.50 bits per heavy atom. The number of piperidine rings is 1. The molecule has 1 aromatic carbocycles. The molecule has 1 aromatic rings. The number of rotatable bonds is 3. The molecule has 1 amide bonds. The summed E-state index contributed by atoms with van der Waals surface area (Å²) >= 11 is 0. The van der Waals surface area contributed by atoms with Gasteiger partial charge in [-0.3, -0.25) is 4.79 Å². The zero-order valence-electron chi connectivity index (χ0n) is 11.8. The third-order valence-electron chi connectivity index (χ3n) is 3.67. The highest BCUT2D eigenvalue weighted by Gasteiger charge is 2.27. The van der Waals surface area contributed by atoms with Crippen LogP contribution in [-0.2, 0) is 9.84 Å². The number of amides is 1. The van der Waals surface area contributed by atoms with Crippen molar-refractivity contribution in [3.8, 4) is 0 Å². The molecule has 0 unspecified atom stereocenters. The quantitative estimate of drug-likeness (QED) is 0.869. The van der Waals surface area contributed by atoms with E-state index in [1.165, 1.54) is 13.3 Å². The maximum Gasteiger partial charge on any atom is 0.252 e. The summed E-state index contributed by atoms with van der Waals surface area (Å²) in [4.78, 5) is 12.1. The minimum absolute atomic E-state index is 0.186. The van der Waals surface area contributed by atoms with Crippen LogP contribution in [0.5, 0.6) is 0 Å². The molecule has 0 aliphatic carbocycles. The molecule has 2 rings (SSSR count). The zero-order chi connectivity index (χ0) is 14.8. The first-order chi connectivity index (χ1) is 9.45. The predicted octanol–water partition coefficient (Wildman–Crippen LogP) is 0.917. The normalized spacial score (nSPS) is 16.9. The second-order valence-corrected chi connectivity index (χ2v) is 7.05. The Hall–Kier alpha value is -1.40. The molecular formula is C14H20N2O3S. The summed E-state index contributed by atoms with van der Waals surface area (Å²) in [5, 5.41) is 5.77.